The number of imidazole rings is 1. The number of aliphatic hydroxyl groups is 1. The lowest BCUT2D eigenvalue weighted by Crippen LogP contribution is -2.27. The zero-order valence-electron chi connectivity index (χ0n) is 14.2. The van der Waals surface area contributed by atoms with Crippen LogP contribution in [0.5, 0.6) is 0 Å². The summed E-state index contributed by atoms with van der Waals surface area (Å²) in [4.78, 5) is 9.05. The van der Waals surface area contributed by atoms with Gasteiger partial charge >= 0.3 is 0 Å². The van der Waals surface area contributed by atoms with Crippen LogP contribution in [-0.2, 0) is 11.3 Å². The normalized spacial score (nSPS) is 12.2. The minimum absolute atomic E-state index is 0.381. The fourth-order valence-corrected chi connectivity index (χ4v) is 2.80. The highest BCUT2D eigenvalue weighted by molar-refractivity contribution is 6.07. The topological polar surface area (TPSA) is 98.2 Å². The van der Waals surface area contributed by atoms with Gasteiger partial charge in [-0.25, -0.2) is 9.97 Å². The maximum absolute atomic E-state index is 10.3. The van der Waals surface area contributed by atoms with Gasteiger partial charge in [-0.05, 0) is 19.9 Å². The number of hydrogen-bond donors (Lipinski definition) is 3. The highest BCUT2D eigenvalue weighted by Crippen LogP contribution is 2.31. The summed E-state index contributed by atoms with van der Waals surface area (Å²) in [6, 6.07) is 7.80. The molecule has 0 aliphatic rings. The molecular weight excluding hydrogens is 306 g/mol. The number of nitrogen functional groups attached to an aromatic ring is 1. The number of anilines is 2. The fourth-order valence-electron chi connectivity index (χ4n) is 2.80. The Labute approximate surface area is 140 Å². The lowest BCUT2D eigenvalue weighted by molar-refractivity contribution is 0.0632. The van der Waals surface area contributed by atoms with Crippen molar-refractivity contribution < 1.29 is 9.84 Å². The summed E-state index contributed by atoms with van der Waals surface area (Å²) >= 11 is 0. The summed E-state index contributed by atoms with van der Waals surface area (Å²) in [5, 5.41) is 14.5. The maximum Gasteiger partial charge on any atom is 0.204 e. The molecular formula is C17H23N5O2. The number of nitrogens with one attached hydrogen (secondary N) is 1. The molecule has 0 radical (unpaired) electrons. The number of methoxy groups -OCH3 is 1. The summed E-state index contributed by atoms with van der Waals surface area (Å²) in [5.74, 6) is 1.03. The van der Waals surface area contributed by atoms with E-state index in [0.29, 0.717) is 37.0 Å². The first-order valence-corrected chi connectivity index (χ1v) is 7.90. The van der Waals surface area contributed by atoms with E-state index in [-0.39, 0.29) is 0 Å². The van der Waals surface area contributed by atoms with Crippen LogP contribution in [-0.4, -0.2) is 45.5 Å². The molecule has 0 spiro atoms. The monoisotopic (exact) mass is 329 g/mol. The zero-order chi connectivity index (χ0) is 17.3. The molecule has 4 N–H and O–H groups in total. The molecule has 0 fully saturated rings. The Bertz CT molecular complexity index is 867. The Balaban J connectivity index is 2.24. The van der Waals surface area contributed by atoms with Gasteiger partial charge in [0.15, 0.2) is 5.82 Å². The first-order chi connectivity index (χ1) is 11.4. The second kappa shape index (κ2) is 6.26. The summed E-state index contributed by atoms with van der Waals surface area (Å²) in [6.45, 7) is 5.08. The molecule has 0 atom stereocenters. The number of rotatable bonds is 6. The van der Waals surface area contributed by atoms with Crippen LogP contribution >= 0.6 is 0 Å². The molecule has 0 unspecified atom stereocenters. The predicted molar refractivity (Wildman–Crippen MR) is 96.1 cm³/mol. The SMILES string of the molecule is COCCNc1nc2c(N)nc3ccccc3c2n1CC(C)(C)O. The molecule has 0 saturated heterocycles. The van der Waals surface area contributed by atoms with E-state index in [0.717, 1.165) is 16.4 Å². The lowest BCUT2D eigenvalue weighted by Gasteiger charge is -2.21. The third-order valence-corrected chi connectivity index (χ3v) is 3.74. The van der Waals surface area contributed by atoms with Crippen LogP contribution in [0.2, 0.25) is 0 Å². The Morgan fingerprint density at radius 1 is 1.29 bits per heavy atom. The van der Waals surface area contributed by atoms with Crippen LogP contribution in [0.3, 0.4) is 0 Å². The van der Waals surface area contributed by atoms with E-state index < -0.39 is 5.60 Å². The largest absolute Gasteiger partial charge is 0.389 e. The molecule has 24 heavy (non-hydrogen) atoms. The van der Waals surface area contributed by atoms with Gasteiger partial charge in [0.25, 0.3) is 0 Å². The Morgan fingerprint density at radius 2 is 2.04 bits per heavy atom. The molecule has 7 heteroatoms. The molecule has 1 aromatic carbocycles. The van der Waals surface area contributed by atoms with E-state index in [1.165, 1.54) is 0 Å². The number of pyridine rings is 1. The van der Waals surface area contributed by atoms with E-state index in [1.807, 2.05) is 28.8 Å². The van der Waals surface area contributed by atoms with Gasteiger partial charge in [0.05, 0.1) is 29.8 Å². The van der Waals surface area contributed by atoms with Crippen molar-refractivity contribution in [3.63, 3.8) is 0 Å². The van der Waals surface area contributed by atoms with Crippen molar-refractivity contribution >= 4 is 33.7 Å². The van der Waals surface area contributed by atoms with Crippen molar-refractivity contribution in [1.82, 2.24) is 14.5 Å². The third kappa shape index (κ3) is 3.13. The highest BCUT2D eigenvalue weighted by Gasteiger charge is 2.22. The molecule has 0 bridgehead atoms. The van der Waals surface area contributed by atoms with E-state index in [1.54, 1.807) is 21.0 Å². The fraction of sp³-hybridized carbons (Fsp3) is 0.412. The van der Waals surface area contributed by atoms with Gasteiger partial charge in [0.2, 0.25) is 5.95 Å². The van der Waals surface area contributed by atoms with Crippen LogP contribution in [0.4, 0.5) is 11.8 Å². The van der Waals surface area contributed by atoms with E-state index >= 15 is 0 Å². The smallest absolute Gasteiger partial charge is 0.204 e. The van der Waals surface area contributed by atoms with Crippen molar-refractivity contribution in [3.05, 3.63) is 24.3 Å². The average Bonchev–Trinajstić information content (AvgIpc) is 2.86. The molecule has 128 valence electrons. The highest BCUT2D eigenvalue weighted by atomic mass is 16.5. The molecule has 2 aromatic heterocycles. The number of benzene rings is 1. The number of para-hydroxylation sites is 1. The molecule has 2 heterocycles. The van der Waals surface area contributed by atoms with Gasteiger partial charge < -0.3 is 25.5 Å². The molecule has 7 nitrogen and oxygen atoms in total. The van der Waals surface area contributed by atoms with Gasteiger partial charge in [0, 0.05) is 19.0 Å². The summed E-state index contributed by atoms with van der Waals surface area (Å²) in [7, 11) is 1.65. The van der Waals surface area contributed by atoms with Crippen LogP contribution in [0.25, 0.3) is 21.9 Å². The van der Waals surface area contributed by atoms with Gasteiger partial charge in [-0.1, -0.05) is 18.2 Å². The predicted octanol–water partition coefficient (Wildman–Crippen LogP) is 2.00. The van der Waals surface area contributed by atoms with E-state index in [2.05, 4.69) is 15.3 Å². The van der Waals surface area contributed by atoms with Crippen molar-refractivity contribution in [2.75, 3.05) is 31.3 Å². The summed E-state index contributed by atoms with van der Waals surface area (Å²) in [5.41, 5.74) is 7.54. The number of nitrogens with zero attached hydrogens (tertiary/aromatic N) is 3. The van der Waals surface area contributed by atoms with Crippen molar-refractivity contribution in [2.45, 2.75) is 26.0 Å². The standard InChI is InChI=1S/C17H23N5O2/c1-17(2,23)10-22-14-11-6-4-5-7-12(11)20-15(18)13(14)21-16(22)19-8-9-24-3/h4-7,23H,8-10H2,1-3H3,(H2,18,20)(H,19,21). The quantitative estimate of drug-likeness (QED) is 0.598. The first-order valence-electron chi connectivity index (χ1n) is 7.90. The summed E-state index contributed by atoms with van der Waals surface area (Å²) < 4.78 is 7.05. The lowest BCUT2D eigenvalue weighted by atomic mass is 10.1. The molecule has 0 aliphatic heterocycles. The second-order valence-corrected chi connectivity index (χ2v) is 6.46. The molecule has 3 aromatic rings. The maximum atomic E-state index is 10.3. The van der Waals surface area contributed by atoms with Crippen molar-refractivity contribution in [3.8, 4) is 0 Å². The van der Waals surface area contributed by atoms with Crippen molar-refractivity contribution in [1.29, 1.82) is 0 Å². The number of aromatic nitrogens is 3. The number of fused-ring (bicyclic) bond motifs is 3. The molecule has 0 amide bonds. The minimum Gasteiger partial charge on any atom is -0.389 e. The number of ether oxygens (including phenoxy) is 1. The number of nitrogens with two attached hydrogens (primary N) is 1. The van der Waals surface area contributed by atoms with Crippen LogP contribution in [0, 0.1) is 0 Å². The Morgan fingerprint density at radius 3 is 2.75 bits per heavy atom. The minimum atomic E-state index is -0.898. The van der Waals surface area contributed by atoms with Crippen LogP contribution < -0.4 is 11.1 Å². The van der Waals surface area contributed by atoms with Gasteiger partial charge in [-0.15, -0.1) is 0 Å². The molecule has 3 rings (SSSR count). The van der Waals surface area contributed by atoms with Gasteiger partial charge in [0.1, 0.15) is 5.52 Å². The Hall–Kier alpha value is -2.38. The Kier molecular flexibility index (Phi) is 4.29. The molecule has 0 aliphatic carbocycles. The average molecular weight is 329 g/mol. The van der Waals surface area contributed by atoms with Crippen LogP contribution in [0.15, 0.2) is 24.3 Å². The molecule has 0 saturated carbocycles. The van der Waals surface area contributed by atoms with E-state index in [9.17, 15) is 5.11 Å². The third-order valence-electron chi connectivity index (χ3n) is 3.74. The van der Waals surface area contributed by atoms with E-state index in [4.69, 9.17) is 10.5 Å². The zero-order valence-corrected chi connectivity index (χ0v) is 14.2. The van der Waals surface area contributed by atoms with Crippen LogP contribution in [0.1, 0.15) is 13.8 Å². The van der Waals surface area contributed by atoms with Gasteiger partial charge in [-0.2, -0.15) is 0 Å². The van der Waals surface area contributed by atoms with Crippen molar-refractivity contribution in [2.24, 2.45) is 0 Å². The first kappa shape index (κ1) is 16.5. The number of hydrogen-bond acceptors (Lipinski definition) is 6. The second-order valence-electron chi connectivity index (χ2n) is 6.46. The van der Waals surface area contributed by atoms with Gasteiger partial charge in [-0.3, -0.25) is 0 Å². The summed E-state index contributed by atoms with van der Waals surface area (Å²) in [6.07, 6.45) is 0.